The van der Waals surface area contributed by atoms with Gasteiger partial charge in [0.1, 0.15) is 0 Å². The van der Waals surface area contributed by atoms with Gasteiger partial charge in [0.25, 0.3) is 0 Å². The molecule has 1 heteroatoms. The van der Waals surface area contributed by atoms with Crippen LogP contribution in [0, 0.1) is 0 Å². The average molecular weight is 153 g/mol. The molecule has 0 heterocycles. The van der Waals surface area contributed by atoms with Gasteiger partial charge in [0.05, 0.1) is 0 Å². The largest absolute Gasteiger partial charge is 0.313 e. The van der Waals surface area contributed by atoms with Crippen LogP contribution in [0.1, 0.15) is 27.2 Å². The van der Waals surface area contributed by atoms with Crippen molar-refractivity contribution in [2.75, 3.05) is 7.05 Å². The molecule has 1 atom stereocenters. The summed E-state index contributed by atoms with van der Waals surface area (Å²) in [5, 5.41) is 3.22. The van der Waals surface area contributed by atoms with Gasteiger partial charge >= 0.3 is 0 Å². The summed E-state index contributed by atoms with van der Waals surface area (Å²) in [6.07, 6.45) is 7.59. The quantitative estimate of drug-likeness (QED) is 0.612. The fourth-order valence-corrected chi connectivity index (χ4v) is 0.984. The molecule has 0 rings (SSSR count). The van der Waals surface area contributed by atoms with Crippen LogP contribution in [0.4, 0.5) is 0 Å². The van der Waals surface area contributed by atoms with Crippen molar-refractivity contribution < 1.29 is 0 Å². The van der Waals surface area contributed by atoms with Crippen molar-refractivity contribution >= 4 is 0 Å². The third-order valence-electron chi connectivity index (χ3n) is 1.73. The van der Waals surface area contributed by atoms with E-state index in [0.29, 0.717) is 6.04 Å². The Kier molecular flexibility index (Phi) is 5.86. The van der Waals surface area contributed by atoms with Crippen LogP contribution >= 0.6 is 0 Å². The number of likely N-dealkylation sites (N-methyl/N-ethyl adjacent to an activating group) is 1. The highest BCUT2D eigenvalue weighted by molar-refractivity contribution is 5.23. The molecule has 0 spiro atoms. The Hall–Kier alpha value is -0.560. The van der Waals surface area contributed by atoms with Gasteiger partial charge in [-0.05, 0) is 32.9 Å². The molecule has 0 radical (unpaired) electrons. The van der Waals surface area contributed by atoms with Crippen LogP contribution in [0.3, 0.4) is 0 Å². The van der Waals surface area contributed by atoms with Crippen LogP contribution < -0.4 is 5.32 Å². The van der Waals surface area contributed by atoms with E-state index in [2.05, 4.69) is 37.4 Å². The van der Waals surface area contributed by atoms with E-state index >= 15 is 0 Å². The minimum atomic E-state index is 0.464. The van der Waals surface area contributed by atoms with Crippen LogP contribution in [0.5, 0.6) is 0 Å². The van der Waals surface area contributed by atoms with Crippen LogP contribution in [-0.2, 0) is 0 Å². The van der Waals surface area contributed by atoms with Crippen molar-refractivity contribution in [3.05, 3.63) is 23.8 Å². The molecule has 0 bridgehead atoms. The third-order valence-corrected chi connectivity index (χ3v) is 1.73. The summed E-state index contributed by atoms with van der Waals surface area (Å²) in [6.45, 7) is 6.37. The van der Waals surface area contributed by atoms with Gasteiger partial charge in [-0.25, -0.2) is 0 Å². The van der Waals surface area contributed by atoms with Gasteiger partial charge in [0.15, 0.2) is 0 Å². The molecule has 0 saturated carbocycles. The Bertz CT molecular complexity index is 145. The van der Waals surface area contributed by atoms with Gasteiger partial charge in [0.2, 0.25) is 0 Å². The second kappa shape index (κ2) is 6.17. The van der Waals surface area contributed by atoms with Gasteiger partial charge in [-0.1, -0.05) is 25.2 Å². The molecule has 0 aromatic carbocycles. The monoisotopic (exact) mass is 153 g/mol. The molecule has 0 saturated heterocycles. The van der Waals surface area contributed by atoms with Gasteiger partial charge in [-0.2, -0.15) is 0 Å². The second-order valence-corrected chi connectivity index (χ2v) is 2.62. The van der Waals surface area contributed by atoms with E-state index in [1.165, 1.54) is 5.57 Å². The first-order valence-corrected chi connectivity index (χ1v) is 4.26. The predicted molar refractivity (Wildman–Crippen MR) is 51.7 cm³/mol. The predicted octanol–water partition coefficient (Wildman–Crippen LogP) is 2.51. The second-order valence-electron chi connectivity index (χ2n) is 2.62. The Labute approximate surface area is 70.2 Å². The fraction of sp³-hybridized carbons (Fsp3) is 0.600. The Morgan fingerprint density at radius 3 is 2.55 bits per heavy atom. The first-order valence-electron chi connectivity index (χ1n) is 4.26. The molecule has 0 aromatic heterocycles. The molecular weight excluding hydrogens is 134 g/mol. The first-order chi connectivity index (χ1) is 5.26. The topological polar surface area (TPSA) is 12.0 Å². The highest BCUT2D eigenvalue weighted by atomic mass is 14.9. The lowest BCUT2D eigenvalue weighted by atomic mass is 10.1. The lowest BCUT2D eigenvalue weighted by Crippen LogP contribution is -2.22. The zero-order valence-electron chi connectivity index (χ0n) is 8.02. The van der Waals surface area contributed by atoms with Gasteiger partial charge < -0.3 is 5.32 Å². The van der Waals surface area contributed by atoms with Crippen molar-refractivity contribution in [3.63, 3.8) is 0 Å². The number of allylic oxidation sites excluding steroid dienone is 2. The lowest BCUT2D eigenvalue weighted by molar-refractivity contribution is 0.702. The molecule has 64 valence electrons. The first kappa shape index (κ1) is 10.4. The summed E-state index contributed by atoms with van der Waals surface area (Å²) >= 11 is 0. The smallest absolute Gasteiger partial charge is 0.0285 e. The van der Waals surface area contributed by atoms with Crippen LogP contribution in [0.2, 0.25) is 0 Å². The average Bonchev–Trinajstić information content (AvgIpc) is 2.03. The molecule has 0 aromatic rings. The number of hydrogen-bond acceptors (Lipinski definition) is 1. The normalized spacial score (nSPS) is 15.8. The molecule has 0 amide bonds. The molecule has 1 unspecified atom stereocenters. The van der Waals surface area contributed by atoms with Gasteiger partial charge in [0, 0.05) is 6.04 Å². The van der Waals surface area contributed by atoms with Gasteiger partial charge in [-0.15, -0.1) is 0 Å². The van der Waals surface area contributed by atoms with E-state index < -0.39 is 0 Å². The summed E-state index contributed by atoms with van der Waals surface area (Å²) in [6, 6.07) is 0.464. The van der Waals surface area contributed by atoms with Crippen LogP contribution in [0.25, 0.3) is 0 Å². The summed E-state index contributed by atoms with van der Waals surface area (Å²) in [5.41, 5.74) is 1.37. The standard InChI is InChI=1S/C10H19N/c1-5-7-10(8-6-2)9(3)11-4/h5,7-9,11H,6H2,1-4H3. The van der Waals surface area contributed by atoms with E-state index in [1.54, 1.807) is 0 Å². The molecule has 11 heavy (non-hydrogen) atoms. The van der Waals surface area contributed by atoms with E-state index in [4.69, 9.17) is 0 Å². The third kappa shape index (κ3) is 3.99. The number of hydrogen-bond donors (Lipinski definition) is 1. The highest BCUT2D eigenvalue weighted by Gasteiger charge is 1.99. The van der Waals surface area contributed by atoms with E-state index in [0.717, 1.165) is 6.42 Å². The SMILES string of the molecule is CC=CC(=CCC)C(C)NC. The molecule has 0 aliphatic carbocycles. The van der Waals surface area contributed by atoms with Crippen molar-refractivity contribution in [2.24, 2.45) is 0 Å². The molecule has 0 aliphatic rings. The summed E-state index contributed by atoms with van der Waals surface area (Å²) in [4.78, 5) is 0. The van der Waals surface area contributed by atoms with Crippen molar-refractivity contribution in [1.82, 2.24) is 5.32 Å². The Morgan fingerprint density at radius 1 is 1.55 bits per heavy atom. The maximum Gasteiger partial charge on any atom is 0.0285 e. The minimum Gasteiger partial charge on any atom is -0.313 e. The van der Waals surface area contributed by atoms with E-state index in [9.17, 15) is 0 Å². The van der Waals surface area contributed by atoms with E-state index in [1.807, 2.05) is 14.0 Å². The lowest BCUT2D eigenvalue weighted by Gasteiger charge is -2.10. The Morgan fingerprint density at radius 2 is 2.18 bits per heavy atom. The molecular formula is C10H19N. The number of rotatable bonds is 4. The summed E-state index contributed by atoms with van der Waals surface area (Å²) in [5.74, 6) is 0. The molecule has 0 fully saturated rings. The minimum absolute atomic E-state index is 0.464. The molecule has 0 aliphatic heterocycles. The Balaban J connectivity index is 4.21. The number of nitrogens with one attached hydrogen (secondary N) is 1. The molecule has 1 N–H and O–H groups in total. The highest BCUT2D eigenvalue weighted by Crippen LogP contribution is 2.04. The zero-order valence-corrected chi connectivity index (χ0v) is 8.02. The van der Waals surface area contributed by atoms with Crippen molar-refractivity contribution in [1.29, 1.82) is 0 Å². The summed E-state index contributed by atoms with van der Waals surface area (Å²) < 4.78 is 0. The maximum absolute atomic E-state index is 3.22. The van der Waals surface area contributed by atoms with Gasteiger partial charge in [-0.3, -0.25) is 0 Å². The zero-order chi connectivity index (χ0) is 8.69. The van der Waals surface area contributed by atoms with Crippen molar-refractivity contribution in [3.8, 4) is 0 Å². The van der Waals surface area contributed by atoms with Crippen molar-refractivity contribution in [2.45, 2.75) is 33.2 Å². The van der Waals surface area contributed by atoms with E-state index in [-0.39, 0.29) is 0 Å². The molecule has 1 nitrogen and oxygen atoms in total. The maximum atomic E-state index is 3.22. The fourth-order valence-electron chi connectivity index (χ4n) is 0.984. The van der Waals surface area contributed by atoms with Crippen LogP contribution in [0.15, 0.2) is 23.8 Å². The summed E-state index contributed by atoms with van der Waals surface area (Å²) in [7, 11) is 1.98. The van der Waals surface area contributed by atoms with Crippen LogP contribution in [-0.4, -0.2) is 13.1 Å².